The van der Waals surface area contributed by atoms with E-state index in [4.69, 9.17) is 9.15 Å². The lowest BCUT2D eigenvalue weighted by atomic mass is 10.0. The van der Waals surface area contributed by atoms with Crippen LogP contribution in [0, 0.1) is 11.6 Å². The molecule has 39 heavy (non-hydrogen) atoms. The molecule has 0 radical (unpaired) electrons. The Labute approximate surface area is 225 Å². The number of Topliss-reactive ketones (excluding diaryl/α,β-unsaturated/α-hetero) is 1. The molecule has 1 amide bonds. The number of carbonyl (C=O) groups excluding carboxylic acids is 2. The van der Waals surface area contributed by atoms with Crippen LogP contribution in [0.15, 0.2) is 77.2 Å². The quantitative estimate of drug-likeness (QED) is 0.159. The van der Waals surface area contributed by atoms with Gasteiger partial charge >= 0.3 is 0 Å². The van der Waals surface area contributed by atoms with Crippen LogP contribution in [0.3, 0.4) is 0 Å². The Bertz CT molecular complexity index is 1350. The highest BCUT2D eigenvalue weighted by molar-refractivity contribution is 6.36. The first-order valence-corrected chi connectivity index (χ1v) is 12.8. The van der Waals surface area contributed by atoms with Crippen molar-refractivity contribution in [1.29, 1.82) is 0 Å². The molecule has 1 aromatic heterocycles. The Hall–Kier alpha value is -4.40. The zero-order chi connectivity index (χ0) is 27.5. The Morgan fingerprint density at radius 2 is 1.54 bits per heavy atom. The maximum absolute atomic E-state index is 13.3. The number of benzene rings is 3. The number of nitrogens with one attached hydrogen (secondary N) is 1. The lowest BCUT2D eigenvalue weighted by Crippen LogP contribution is -2.30. The van der Waals surface area contributed by atoms with Gasteiger partial charge in [0.1, 0.15) is 24.0 Å². The number of hydrogen-bond donors (Lipinski definition) is 1. The molecule has 4 aromatic rings. The van der Waals surface area contributed by atoms with Gasteiger partial charge in [-0.3, -0.25) is 9.59 Å². The van der Waals surface area contributed by atoms with Crippen LogP contribution in [-0.2, 0) is 29.2 Å². The summed E-state index contributed by atoms with van der Waals surface area (Å²) in [7, 11) is 0. The number of nitrogens with zero attached hydrogens (tertiary/aromatic N) is 2. The number of aryl methyl sites for hydroxylation is 1. The summed E-state index contributed by atoms with van der Waals surface area (Å²) in [5.74, 6) is -1.57. The zero-order valence-corrected chi connectivity index (χ0v) is 21.4. The number of unbranched alkanes of at least 4 members (excludes halogenated alkanes) is 3. The van der Waals surface area contributed by atoms with E-state index >= 15 is 0 Å². The predicted molar refractivity (Wildman–Crippen MR) is 141 cm³/mol. The van der Waals surface area contributed by atoms with Crippen LogP contribution < -0.4 is 10.1 Å². The highest BCUT2D eigenvalue weighted by atomic mass is 19.1. The molecule has 0 spiro atoms. The number of rotatable bonds is 14. The number of amides is 1. The number of hydrogen-bond acceptors (Lipinski definition) is 6. The maximum Gasteiger partial charge on any atom is 0.287 e. The molecule has 4 rings (SSSR count). The lowest BCUT2D eigenvalue weighted by molar-refractivity contribution is -0.138. The Morgan fingerprint density at radius 3 is 2.28 bits per heavy atom. The molecule has 7 nitrogen and oxygen atoms in total. The van der Waals surface area contributed by atoms with Gasteiger partial charge in [0.15, 0.2) is 0 Å². The predicted octanol–water partition coefficient (Wildman–Crippen LogP) is 5.97. The van der Waals surface area contributed by atoms with Gasteiger partial charge in [0.05, 0.1) is 6.54 Å². The van der Waals surface area contributed by atoms with Crippen LogP contribution in [0.2, 0.25) is 0 Å². The standard InChI is InChI=1S/C30H29F2N3O4/c31-24-16-22(17-25(32)18-24)20-38-26-14-12-23(13-15-26)30-35-34-28(39-30)19-33-29(37)27(36)11-7-2-1-4-8-21-9-5-3-6-10-21/h3,5-6,9-10,12-18H,1-2,4,7-8,11,19-20H2,(H,33,37). The van der Waals surface area contributed by atoms with Crippen molar-refractivity contribution in [2.45, 2.75) is 51.7 Å². The van der Waals surface area contributed by atoms with Crippen LogP contribution in [0.4, 0.5) is 8.78 Å². The number of ketones is 1. The van der Waals surface area contributed by atoms with E-state index in [1.54, 1.807) is 24.3 Å². The van der Waals surface area contributed by atoms with Gasteiger partial charge in [0.25, 0.3) is 5.91 Å². The molecule has 0 aliphatic carbocycles. The third kappa shape index (κ3) is 8.84. The second-order valence-electron chi connectivity index (χ2n) is 9.10. The van der Waals surface area contributed by atoms with Gasteiger partial charge in [-0.15, -0.1) is 10.2 Å². The van der Waals surface area contributed by atoms with Crippen molar-refractivity contribution in [1.82, 2.24) is 15.5 Å². The second kappa shape index (κ2) is 13.9. The van der Waals surface area contributed by atoms with Crippen LogP contribution in [0.1, 0.15) is 49.1 Å². The fourth-order valence-electron chi connectivity index (χ4n) is 3.98. The molecule has 1 heterocycles. The van der Waals surface area contributed by atoms with E-state index in [0.29, 0.717) is 23.3 Å². The molecule has 0 saturated heterocycles. The first kappa shape index (κ1) is 27.6. The highest BCUT2D eigenvalue weighted by Crippen LogP contribution is 2.22. The third-order valence-corrected chi connectivity index (χ3v) is 6.01. The largest absolute Gasteiger partial charge is 0.489 e. The smallest absolute Gasteiger partial charge is 0.287 e. The molecule has 1 N–H and O–H groups in total. The van der Waals surface area contributed by atoms with Crippen molar-refractivity contribution in [2.75, 3.05) is 0 Å². The molecular weight excluding hydrogens is 504 g/mol. The van der Waals surface area contributed by atoms with Crippen molar-refractivity contribution in [3.05, 3.63) is 101 Å². The van der Waals surface area contributed by atoms with Gasteiger partial charge in [-0.2, -0.15) is 0 Å². The fourth-order valence-corrected chi connectivity index (χ4v) is 3.98. The Morgan fingerprint density at radius 1 is 0.821 bits per heavy atom. The van der Waals surface area contributed by atoms with Gasteiger partial charge in [-0.25, -0.2) is 8.78 Å². The van der Waals surface area contributed by atoms with Crippen LogP contribution >= 0.6 is 0 Å². The molecule has 0 saturated carbocycles. The van der Waals surface area contributed by atoms with Crippen molar-refractivity contribution >= 4 is 11.7 Å². The highest BCUT2D eigenvalue weighted by Gasteiger charge is 2.15. The summed E-state index contributed by atoms with van der Waals surface area (Å²) in [4.78, 5) is 24.3. The monoisotopic (exact) mass is 533 g/mol. The summed E-state index contributed by atoms with van der Waals surface area (Å²) in [6.45, 7) is -0.0502. The molecular formula is C30H29F2N3O4. The minimum Gasteiger partial charge on any atom is -0.489 e. The van der Waals surface area contributed by atoms with E-state index in [-0.39, 0.29) is 31.4 Å². The molecule has 0 atom stereocenters. The maximum atomic E-state index is 13.3. The van der Waals surface area contributed by atoms with Crippen molar-refractivity contribution in [3.8, 4) is 17.2 Å². The topological polar surface area (TPSA) is 94.3 Å². The first-order chi connectivity index (χ1) is 19.0. The summed E-state index contributed by atoms with van der Waals surface area (Å²) in [6.07, 6.45) is 4.84. The van der Waals surface area contributed by atoms with Crippen LogP contribution in [-0.4, -0.2) is 21.9 Å². The number of halogens is 2. The van der Waals surface area contributed by atoms with Crippen molar-refractivity contribution < 1.29 is 27.5 Å². The molecule has 0 aliphatic rings. The minimum absolute atomic E-state index is 0.00537. The molecule has 3 aromatic carbocycles. The Balaban J connectivity index is 1.15. The van der Waals surface area contributed by atoms with Gasteiger partial charge in [-0.05, 0) is 66.8 Å². The summed E-state index contributed by atoms with van der Waals surface area (Å²) >= 11 is 0. The number of ether oxygens (including phenoxy) is 1. The molecule has 0 fully saturated rings. The molecule has 0 unspecified atom stereocenters. The number of carbonyl (C=O) groups is 2. The lowest BCUT2D eigenvalue weighted by Gasteiger charge is -2.07. The van der Waals surface area contributed by atoms with Crippen molar-refractivity contribution in [2.24, 2.45) is 0 Å². The number of aromatic nitrogens is 2. The van der Waals surface area contributed by atoms with E-state index in [1.165, 1.54) is 17.7 Å². The van der Waals surface area contributed by atoms with Crippen LogP contribution in [0.5, 0.6) is 5.75 Å². The molecule has 0 aliphatic heterocycles. The summed E-state index contributed by atoms with van der Waals surface area (Å²) in [6, 6.07) is 20.2. The third-order valence-electron chi connectivity index (χ3n) is 6.01. The average Bonchev–Trinajstić information content (AvgIpc) is 3.42. The minimum atomic E-state index is -0.668. The molecule has 9 heteroatoms. The van der Waals surface area contributed by atoms with E-state index in [1.807, 2.05) is 18.2 Å². The van der Waals surface area contributed by atoms with Gasteiger partial charge in [0, 0.05) is 18.1 Å². The van der Waals surface area contributed by atoms with Crippen molar-refractivity contribution in [3.63, 3.8) is 0 Å². The van der Waals surface area contributed by atoms with E-state index < -0.39 is 23.3 Å². The fraction of sp³-hybridized carbons (Fsp3) is 0.267. The Kier molecular flexibility index (Phi) is 9.88. The first-order valence-electron chi connectivity index (χ1n) is 12.8. The van der Waals surface area contributed by atoms with Crippen LogP contribution in [0.25, 0.3) is 11.5 Å². The summed E-state index contributed by atoms with van der Waals surface area (Å²) < 4.78 is 37.8. The zero-order valence-electron chi connectivity index (χ0n) is 21.4. The normalized spacial score (nSPS) is 10.8. The SMILES string of the molecule is O=C(CCCCCCc1ccccc1)C(=O)NCc1nnc(-c2ccc(OCc3cc(F)cc(F)c3)cc2)o1. The summed E-state index contributed by atoms with van der Waals surface area (Å²) in [5, 5.41) is 10.4. The average molecular weight is 534 g/mol. The van der Waals surface area contributed by atoms with Gasteiger partial charge < -0.3 is 14.5 Å². The van der Waals surface area contributed by atoms with Gasteiger partial charge in [-0.1, -0.05) is 43.2 Å². The van der Waals surface area contributed by atoms with E-state index in [9.17, 15) is 18.4 Å². The van der Waals surface area contributed by atoms with Gasteiger partial charge in [0.2, 0.25) is 17.6 Å². The van der Waals surface area contributed by atoms with E-state index in [0.717, 1.165) is 31.7 Å². The summed E-state index contributed by atoms with van der Waals surface area (Å²) in [5.41, 5.74) is 2.30. The molecule has 0 bridgehead atoms. The molecule has 202 valence electrons. The van der Waals surface area contributed by atoms with E-state index in [2.05, 4.69) is 27.6 Å². The second-order valence-corrected chi connectivity index (χ2v) is 9.10.